The molecule has 0 N–H and O–H groups in total. The molecular weight excluding hydrogens is 472 g/mol. The maximum atomic E-state index is 13.1. The summed E-state index contributed by atoms with van der Waals surface area (Å²) >= 11 is 6.25. The van der Waals surface area contributed by atoms with Gasteiger partial charge >= 0.3 is 5.97 Å². The molecule has 35 heavy (non-hydrogen) atoms. The number of carbonyl (C=O) groups is 2. The average Bonchev–Trinajstić information content (AvgIpc) is 3.17. The highest BCUT2D eigenvalue weighted by Gasteiger charge is 2.31. The van der Waals surface area contributed by atoms with Crippen LogP contribution in [0.2, 0.25) is 5.02 Å². The van der Waals surface area contributed by atoms with Crippen LogP contribution in [0.4, 0.5) is 0 Å². The lowest BCUT2D eigenvalue weighted by Crippen LogP contribution is -2.12. The molecule has 5 rings (SSSR count). The first-order chi connectivity index (χ1) is 16.9. The topological polar surface area (TPSA) is 80.3 Å². The molecule has 0 aliphatic carbocycles. The Labute approximate surface area is 206 Å². The summed E-state index contributed by atoms with van der Waals surface area (Å²) in [6.07, 6.45) is 1.64. The quantitative estimate of drug-likeness (QED) is 0.344. The van der Waals surface area contributed by atoms with Crippen molar-refractivity contribution in [2.75, 3.05) is 13.9 Å². The molecule has 0 saturated heterocycles. The number of Topliss-reactive ketones (excluding diaryl/α,β-unsaturated/α-hetero) is 1. The van der Waals surface area contributed by atoms with Crippen LogP contribution in [0, 0.1) is 6.92 Å². The average molecular weight is 493 g/mol. The number of methoxy groups -OCH3 is 1. The SMILES string of the molecule is COC(=O)c1ccc(COc2cc(C)c3c(c2)O/C(=C\c2cc(Cl)cc4c2OCOC4)C3=O)cc1. The molecule has 3 aromatic rings. The highest BCUT2D eigenvalue weighted by atomic mass is 35.5. The van der Waals surface area contributed by atoms with Crippen LogP contribution in [-0.4, -0.2) is 25.7 Å². The van der Waals surface area contributed by atoms with E-state index in [1.165, 1.54) is 7.11 Å². The normalized spacial score (nSPS) is 15.2. The van der Waals surface area contributed by atoms with E-state index < -0.39 is 5.97 Å². The first-order valence-electron chi connectivity index (χ1n) is 10.8. The summed E-state index contributed by atoms with van der Waals surface area (Å²) in [5.74, 6) is 1.18. The van der Waals surface area contributed by atoms with Gasteiger partial charge in [0.15, 0.2) is 12.6 Å². The van der Waals surface area contributed by atoms with Gasteiger partial charge < -0.3 is 23.7 Å². The first-order valence-corrected chi connectivity index (χ1v) is 11.2. The van der Waals surface area contributed by atoms with Crippen molar-refractivity contribution in [3.8, 4) is 17.2 Å². The number of benzene rings is 3. The zero-order chi connectivity index (χ0) is 24.5. The number of allylic oxidation sites excluding steroid dienone is 1. The summed E-state index contributed by atoms with van der Waals surface area (Å²) in [5.41, 5.74) is 4.04. The Morgan fingerprint density at radius 1 is 1.14 bits per heavy atom. The van der Waals surface area contributed by atoms with Crippen molar-refractivity contribution in [1.29, 1.82) is 0 Å². The molecule has 2 aliphatic rings. The molecule has 178 valence electrons. The van der Waals surface area contributed by atoms with Crippen LogP contribution in [0.1, 0.15) is 43.0 Å². The zero-order valence-electron chi connectivity index (χ0n) is 19.1. The molecule has 0 spiro atoms. The predicted molar refractivity (Wildman–Crippen MR) is 128 cm³/mol. The van der Waals surface area contributed by atoms with Crippen LogP contribution < -0.4 is 14.2 Å². The van der Waals surface area contributed by atoms with E-state index in [-0.39, 0.29) is 24.9 Å². The summed E-state index contributed by atoms with van der Waals surface area (Å²) in [6, 6.07) is 14.0. The Hall–Kier alpha value is -3.81. The molecule has 8 heteroatoms. The van der Waals surface area contributed by atoms with Gasteiger partial charge in [0.2, 0.25) is 5.78 Å². The molecule has 2 heterocycles. The number of ether oxygens (including phenoxy) is 5. The van der Waals surface area contributed by atoms with E-state index in [0.717, 1.165) is 16.7 Å². The second-order valence-electron chi connectivity index (χ2n) is 8.12. The summed E-state index contributed by atoms with van der Waals surface area (Å²) in [6.45, 7) is 2.63. The highest BCUT2D eigenvalue weighted by molar-refractivity contribution is 6.31. The van der Waals surface area contributed by atoms with Gasteiger partial charge in [-0.25, -0.2) is 4.79 Å². The minimum absolute atomic E-state index is 0.130. The minimum Gasteiger partial charge on any atom is -0.489 e. The molecule has 0 bridgehead atoms. The molecule has 0 fully saturated rings. The number of carbonyl (C=O) groups excluding carboxylic acids is 2. The van der Waals surface area contributed by atoms with E-state index in [2.05, 4.69) is 0 Å². The van der Waals surface area contributed by atoms with E-state index in [1.54, 1.807) is 54.6 Å². The smallest absolute Gasteiger partial charge is 0.337 e. The standard InChI is InChI=1S/C27H21ClO7/c1-15-7-21(33-12-16-3-5-17(6-4-16)27(30)31-2)11-22-24(15)25(29)23(35-22)10-18-8-20(28)9-19-13-32-14-34-26(18)19/h3-11H,12-14H2,1-2H3/b23-10-. The molecular formula is C27H21ClO7. The number of rotatable bonds is 5. The number of halogens is 1. The number of ketones is 1. The summed E-state index contributed by atoms with van der Waals surface area (Å²) in [5, 5.41) is 0.513. The second kappa shape index (κ2) is 9.44. The third-order valence-electron chi connectivity index (χ3n) is 5.71. The fraction of sp³-hybridized carbons (Fsp3) is 0.185. The third-order valence-corrected chi connectivity index (χ3v) is 5.93. The van der Waals surface area contributed by atoms with Gasteiger partial charge in [-0.2, -0.15) is 0 Å². The van der Waals surface area contributed by atoms with E-state index in [1.807, 2.05) is 6.92 Å². The Morgan fingerprint density at radius 2 is 1.94 bits per heavy atom. The van der Waals surface area contributed by atoms with Gasteiger partial charge in [0.05, 0.1) is 24.8 Å². The van der Waals surface area contributed by atoms with E-state index >= 15 is 0 Å². The lowest BCUT2D eigenvalue weighted by molar-refractivity contribution is -0.0165. The molecule has 2 aliphatic heterocycles. The molecule has 0 aromatic heterocycles. The lowest BCUT2D eigenvalue weighted by Gasteiger charge is -2.20. The van der Waals surface area contributed by atoms with E-state index in [9.17, 15) is 9.59 Å². The van der Waals surface area contributed by atoms with Gasteiger partial charge in [-0.05, 0) is 54.5 Å². The van der Waals surface area contributed by atoms with E-state index in [4.69, 9.17) is 35.3 Å². The maximum Gasteiger partial charge on any atom is 0.337 e. The van der Waals surface area contributed by atoms with Crippen molar-refractivity contribution in [3.05, 3.63) is 92.7 Å². The maximum absolute atomic E-state index is 13.1. The minimum atomic E-state index is -0.393. The molecule has 0 atom stereocenters. The summed E-state index contributed by atoms with van der Waals surface area (Å²) < 4.78 is 27.5. The van der Waals surface area contributed by atoms with Crippen LogP contribution in [0.3, 0.4) is 0 Å². The molecule has 0 unspecified atom stereocenters. The summed E-state index contributed by atoms with van der Waals surface area (Å²) in [4.78, 5) is 24.7. The van der Waals surface area contributed by atoms with Crippen molar-refractivity contribution in [3.63, 3.8) is 0 Å². The second-order valence-corrected chi connectivity index (χ2v) is 8.56. The van der Waals surface area contributed by atoms with Crippen LogP contribution in [-0.2, 0) is 22.7 Å². The number of fused-ring (bicyclic) bond motifs is 2. The number of hydrogen-bond acceptors (Lipinski definition) is 7. The van der Waals surface area contributed by atoms with Gasteiger partial charge in [-0.3, -0.25) is 4.79 Å². The first kappa shape index (κ1) is 23.0. The van der Waals surface area contributed by atoms with Crippen molar-refractivity contribution in [2.24, 2.45) is 0 Å². The van der Waals surface area contributed by atoms with Crippen molar-refractivity contribution in [1.82, 2.24) is 0 Å². The molecule has 7 nitrogen and oxygen atoms in total. The lowest BCUT2D eigenvalue weighted by atomic mass is 10.0. The monoisotopic (exact) mass is 492 g/mol. The van der Waals surface area contributed by atoms with Gasteiger partial charge in [0.1, 0.15) is 23.9 Å². The number of aryl methyl sites for hydroxylation is 1. The van der Waals surface area contributed by atoms with Crippen molar-refractivity contribution < 1.29 is 33.3 Å². The fourth-order valence-electron chi connectivity index (χ4n) is 4.04. The van der Waals surface area contributed by atoms with Crippen molar-refractivity contribution >= 4 is 29.4 Å². The Balaban J connectivity index is 1.36. The zero-order valence-corrected chi connectivity index (χ0v) is 19.8. The van der Waals surface area contributed by atoms with Gasteiger partial charge in [0.25, 0.3) is 0 Å². The van der Waals surface area contributed by atoms with Gasteiger partial charge in [-0.1, -0.05) is 23.7 Å². The van der Waals surface area contributed by atoms with Crippen LogP contribution >= 0.6 is 11.6 Å². The van der Waals surface area contributed by atoms with Crippen LogP contribution in [0.5, 0.6) is 17.2 Å². The van der Waals surface area contributed by atoms with Gasteiger partial charge in [0, 0.05) is 22.2 Å². The van der Waals surface area contributed by atoms with Crippen LogP contribution in [0.25, 0.3) is 6.08 Å². The molecule has 0 radical (unpaired) electrons. The Kier molecular flexibility index (Phi) is 6.19. The summed E-state index contributed by atoms with van der Waals surface area (Å²) in [7, 11) is 1.34. The fourth-order valence-corrected chi connectivity index (χ4v) is 4.29. The largest absolute Gasteiger partial charge is 0.489 e. The predicted octanol–water partition coefficient (Wildman–Crippen LogP) is 5.50. The highest BCUT2D eigenvalue weighted by Crippen LogP contribution is 2.39. The van der Waals surface area contributed by atoms with E-state index in [0.29, 0.717) is 45.6 Å². The number of hydrogen-bond donors (Lipinski definition) is 0. The third kappa shape index (κ3) is 4.60. The molecule has 0 saturated carbocycles. The van der Waals surface area contributed by atoms with Gasteiger partial charge in [-0.15, -0.1) is 0 Å². The van der Waals surface area contributed by atoms with Crippen LogP contribution in [0.15, 0.2) is 54.3 Å². The Morgan fingerprint density at radius 3 is 2.71 bits per heavy atom. The number of esters is 1. The molecule has 3 aromatic carbocycles. The van der Waals surface area contributed by atoms with Crippen molar-refractivity contribution in [2.45, 2.75) is 20.1 Å². The molecule has 0 amide bonds. The Bertz CT molecular complexity index is 1360.